The Morgan fingerprint density at radius 1 is 1.20 bits per heavy atom. The highest BCUT2D eigenvalue weighted by atomic mass is 16.4. The Morgan fingerprint density at radius 3 is 2.68 bits per heavy atom. The number of imidazole rings is 1. The Labute approximate surface area is 144 Å². The summed E-state index contributed by atoms with van der Waals surface area (Å²) in [6.07, 6.45) is 3.46. The number of carbonyl (C=O) groups excluding carboxylic acids is 1. The van der Waals surface area contributed by atoms with Crippen molar-refractivity contribution in [1.82, 2.24) is 9.55 Å². The monoisotopic (exact) mass is 335 g/mol. The SMILES string of the molecule is CCCCn1c(-c2ccco2)nc2c1C(=O)c1ccccc1/C2=N\O. The molecule has 6 heteroatoms. The second-order valence-corrected chi connectivity index (χ2v) is 5.94. The van der Waals surface area contributed by atoms with E-state index < -0.39 is 0 Å². The fourth-order valence-corrected chi connectivity index (χ4v) is 3.22. The summed E-state index contributed by atoms with van der Waals surface area (Å²) in [7, 11) is 0. The van der Waals surface area contributed by atoms with Crippen molar-refractivity contribution in [2.45, 2.75) is 26.3 Å². The van der Waals surface area contributed by atoms with Gasteiger partial charge in [-0.15, -0.1) is 0 Å². The molecule has 1 aliphatic carbocycles. The molecule has 3 aromatic rings. The molecule has 0 atom stereocenters. The molecule has 0 amide bonds. The topological polar surface area (TPSA) is 80.6 Å². The summed E-state index contributed by atoms with van der Waals surface area (Å²) >= 11 is 0. The molecule has 6 nitrogen and oxygen atoms in total. The van der Waals surface area contributed by atoms with E-state index in [1.165, 1.54) is 0 Å². The van der Waals surface area contributed by atoms with Crippen LogP contribution in [0.15, 0.2) is 52.2 Å². The van der Waals surface area contributed by atoms with Gasteiger partial charge in [0.2, 0.25) is 5.78 Å². The van der Waals surface area contributed by atoms with Crippen LogP contribution in [0.2, 0.25) is 0 Å². The molecule has 0 fully saturated rings. The van der Waals surface area contributed by atoms with Gasteiger partial charge in [0.25, 0.3) is 0 Å². The Bertz CT molecular complexity index is 968. The van der Waals surface area contributed by atoms with Gasteiger partial charge in [-0.05, 0) is 18.6 Å². The number of aromatic nitrogens is 2. The maximum absolute atomic E-state index is 13.1. The van der Waals surface area contributed by atoms with Crippen LogP contribution < -0.4 is 0 Å². The number of unbranched alkanes of at least 4 members (excludes halogenated alkanes) is 1. The van der Waals surface area contributed by atoms with Gasteiger partial charge in [-0.1, -0.05) is 42.8 Å². The highest BCUT2D eigenvalue weighted by Crippen LogP contribution is 2.32. The average molecular weight is 335 g/mol. The minimum Gasteiger partial charge on any atom is -0.461 e. The maximum atomic E-state index is 13.1. The normalized spacial score (nSPS) is 14.6. The van der Waals surface area contributed by atoms with E-state index in [-0.39, 0.29) is 5.78 Å². The predicted molar refractivity (Wildman–Crippen MR) is 92.1 cm³/mol. The lowest BCUT2D eigenvalue weighted by atomic mass is 9.89. The molecule has 1 aliphatic rings. The van der Waals surface area contributed by atoms with Crippen molar-refractivity contribution in [3.05, 3.63) is 65.2 Å². The zero-order valence-corrected chi connectivity index (χ0v) is 13.8. The van der Waals surface area contributed by atoms with Gasteiger partial charge < -0.3 is 14.2 Å². The van der Waals surface area contributed by atoms with Gasteiger partial charge in [0, 0.05) is 17.7 Å². The van der Waals surface area contributed by atoms with E-state index in [4.69, 9.17) is 4.42 Å². The molecule has 0 unspecified atom stereocenters. The van der Waals surface area contributed by atoms with Gasteiger partial charge in [-0.3, -0.25) is 4.79 Å². The number of fused-ring (bicyclic) bond motifs is 2. The number of benzene rings is 1. The number of carbonyl (C=O) groups is 1. The quantitative estimate of drug-likeness (QED) is 0.455. The van der Waals surface area contributed by atoms with Crippen molar-refractivity contribution in [2.24, 2.45) is 5.16 Å². The number of hydrogen-bond donors (Lipinski definition) is 1. The molecular weight excluding hydrogens is 318 g/mol. The third-order valence-corrected chi connectivity index (χ3v) is 4.41. The van der Waals surface area contributed by atoms with Crippen LogP contribution in [0.5, 0.6) is 0 Å². The molecule has 0 radical (unpaired) electrons. The number of oxime groups is 1. The number of furan rings is 1. The third kappa shape index (κ3) is 2.29. The summed E-state index contributed by atoms with van der Waals surface area (Å²) < 4.78 is 7.38. The lowest BCUT2D eigenvalue weighted by molar-refractivity contribution is 0.102. The molecule has 0 saturated heterocycles. The van der Waals surface area contributed by atoms with Crippen LogP contribution in [-0.4, -0.2) is 26.3 Å². The van der Waals surface area contributed by atoms with Gasteiger partial charge >= 0.3 is 0 Å². The standard InChI is InChI=1S/C19H17N3O3/c1-2-3-10-22-17-16(20-19(22)14-9-6-11-25-14)15(21-24)12-7-4-5-8-13(12)18(17)23/h4-9,11,24H,2-3,10H2,1H3/b21-15+. The number of nitrogens with zero attached hydrogens (tertiary/aromatic N) is 3. The highest BCUT2D eigenvalue weighted by Gasteiger charge is 2.35. The molecular formula is C19H17N3O3. The van der Waals surface area contributed by atoms with Crippen molar-refractivity contribution in [1.29, 1.82) is 0 Å². The summed E-state index contributed by atoms with van der Waals surface area (Å²) in [4.78, 5) is 17.7. The Hall–Kier alpha value is -3.15. The fraction of sp³-hybridized carbons (Fsp3) is 0.211. The zero-order valence-electron chi connectivity index (χ0n) is 13.8. The molecule has 0 spiro atoms. The zero-order chi connectivity index (χ0) is 17.4. The van der Waals surface area contributed by atoms with Gasteiger partial charge in [-0.2, -0.15) is 0 Å². The largest absolute Gasteiger partial charge is 0.461 e. The molecule has 1 aromatic carbocycles. The summed E-state index contributed by atoms with van der Waals surface area (Å²) in [6, 6.07) is 10.7. The molecule has 4 rings (SSSR count). The van der Waals surface area contributed by atoms with E-state index in [1.54, 1.807) is 30.5 Å². The predicted octanol–water partition coefficient (Wildman–Crippen LogP) is 3.71. The number of ketones is 1. The Morgan fingerprint density at radius 2 is 2.00 bits per heavy atom. The molecule has 126 valence electrons. The summed E-state index contributed by atoms with van der Waals surface area (Å²) in [5.74, 6) is 1.05. The second-order valence-electron chi connectivity index (χ2n) is 5.94. The first-order valence-electron chi connectivity index (χ1n) is 8.27. The fourth-order valence-electron chi connectivity index (χ4n) is 3.22. The van der Waals surface area contributed by atoms with Crippen molar-refractivity contribution < 1.29 is 14.4 Å². The van der Waals surface area contributed by atoms with Crippen LogP contribution in [0.25, 0.3) is 11.6 Å². The van der Waals surface area contributed by atoms with Crippen LogP contribution in [-0.2, 0) is 6.54 Å². The summed E-state index contributed by atoms with van der Waals surface area (Å²) in [6.45, 7) is 2.73. The maximum Gasteiger partial charge on any atom is 0.212 e. The lowest BCUT2D eigenvalue weighted by Gasteiger charge is -2.17. The van der Waals surface area contributed by atoms with E-state index in [9.17, 15) is 10.0 Å². The smallest absolute Gasteiger partial charge is 0.212 e. The van der Waals surface area contributed by atoms with Gasteiger partial charge in [0.1, 0.15) is 17.1 Å². The van der Waals surface area contributed by atoms with E-state index in [0.29, 0.717) is 46.4 Å². The molecule has 2 aromatic heterocycles. The van der Waals surface area contributed by atoms with Crippen LogP contribution in [0.1, 0.15) is 47.1 Å². The van der Waals surface area contributed by atoms with Crippen molar-refractivity contribution in [3.8, 4) is 11.6 Å². The average Bonchev–Trinajstić information content (AvgIpc) is 3.28. The van der Waals surface area contributed by atoms with E-state index in [0.717, 1.165) is 12.8 Å². The minimum absolute atomic E-state index is 0.112. The molecule has 0 bridgehead atoms. The van der Waals surface area contributed by atoms with E-state index in [1.807, 2.05) is 16.7 Å². The molecule has 1 N–H and O–H groups in total. The first kappa shape index (κ1) is 15.4. The van der Waals surface area contributed by atoms with E-state index >= 15 is 0 Å². The van der Waals surface area contributed by atoms with Gasteiger partial charge in [-0.25, -0.2) is 4.98 Å². The van der Waals surface area contributed by atoms with Crippen LogP contribution in [0.4, 0.5) is 0 Å². The van der Waals surface area contributed by atoms with Gasteiger partial charge in [0.15, 0.2) is 11.6 Å². The Kier molecular flexibility index (Phi) is 3.72. The minimum atomic E-state index is -0.112. The van der Waals surface area contributed by atoms with Crippen molar-refractivity contribution in [3.63, 3.8) is 0 Å². The molecule has 0 aliphatic heterocycles. The molecule has 25 heavy (non-hydrogen) atoms. The van der Waals surface area contributed by atoms with Crippen molar-refractivity contribution in [2.75, 3.05) is 0 Å². The molecule has 2 heterocycles. The van der Waals surface area contributed by atoms with Gasteiger partial charge in [0.05, 0.1) is 6.26 Å². The lowest BCUT2D eigenvalue weighted by Crippen LogP contribution is -2.24. The highest BCUT2D eigenvalue weighted by molar-refractivity contribution is 6.29. The van der Waals surface area contributed by atoms with Crippen LogP contribution in [0, 0.1) is 0 Å². The first-order valence-corrected chi connectivity index (χ1v) is 8.27. The van der Waals surface area contributed by atoms with Crippen LogP contribution in [0.3, 0.4) is 0 Å². The van der Waals surface area contributed by atoms with Crippen LogP contribution >= 0.6 is 0 Å². The first-order chi connectivity index (χ1) is 12.3. The van der Waals surface area contributed by atoms with Crippen molar-refractivity contribution >= 4 is 11.5 Å². The summed E-state index contributed by atoms with van der Waals surface area (Å²) in [5, 5.41) is 13.0. The third-order valence-electron chi connectivity index (χ3n) is 4.41. The second kappa shape index (κ2) is 6.05. The van der Waals surface area contributed by atoms with E-state index in [2.05, 4.69) is 17.1 Å². The summed E-state index contributed by atoms with van der Waals surface area (Å²) in [5.41, 5.74) is 2.27. The number of hydrogen-bond acceptors (Lipinski definition) is 5. The number of rotatable bonds is 4. The molecule has 0 saturated carbocycles. The Balaban J connectivity index is 1.99.